The molecule has 2 saturated heterocycles. The Bertz CT molecular complexity index is 700. The average molecular weight is 390 g/mol. The van der Waals surface area contributed by atoms with E-state index in [2.05, 4.69) is 11.0 Å². The van der Waals surface area contributed by atoms with Gasteiger partial charge in [0.25, 0.3) is 0 Å². The summed E-state index contributed by atoms with van der Waals surface area (Å²) in [5.41, 5.74) is 0.532. The van der Waals surface area contributed by atoms with E-state index >= 15 is 0 Å². The first-order valence-electron chi connectivity index (χ1n) is 10.0. The number of rotatable bonds is 7. The van der Waals surface area contributed by atoms with Gasteiger partial charge in [-0.1, -0.05) is 18.2 Å². The molecule has 7 nitrogen and oxygen atoms in total. The Kier molecular flexibility index (Phi) is 6.57. The number of carbonyl (C=O) groups excluding carboxylic acids is 2. The van der Waals surface area contributed by atoms with Crippen molar-refractivity contribution in [2.75, 3.05) is 33.4 Å². The molecule has 0 saturated carbocycles. The smallest absolute Gasteiger partial charge is 0.311 e. The number of piperidine rings is 1. The number of benzene rings is 1. The second kappa shape index (κ2) is 8.92. The van der Waals surface area contributed by atoms with Gasteiger partial charge in [-0.15, -0.1) is 0 Å². The molecule has 1 aromatic carbocycles. The van der Waals surface area contributed by atoms with Gasteiger partial charge in [-0.2, -0.15) is 0 Å². The van der Waals surface area contributed by atoms with Crippen LogP contribution in [-0.4, -0.2) is 60.8 Å². The maximum atomic E-state index is 12.5. The van der Waals surface area contributed by atoms with Crippen molar-refractivity contribution in [3.05, 3.63) is 29.8 Å². The summed E-state index contributed by atoms with van der Waals surface area (Å²) < 4.78 is 10.7. The van der Waals surface area contributed by atoms with Crippen LogP contribution in [0.1, 0.15) is 38.7 Å². The van der Waals surface area contributed by atoms with Gasteiger partial charge in [0.15, 0.2) is 0 Å². The summed E-state index contributed by atoms with van der Waals surface area (Å²) in [6, 6.07) is 8.07. The maximum Gasteiger partial charge on any atom is 0.311 e. The molecule has 28 heavy (non-hydrogen) atoms. The third kappa shape index (κ3) is 3.86. The average Bonchev–Trinajstić information content (AvgIpc) is 2.97. The monoisotopic (exact) mass is 390 g/mol. The van der Waals surface area contributed by atoms with E-state index in [0.29, 0.717) is 26.1 Å². The van der Waals surface area contributed by atoms with Gasteiger partial charge in [-0.05, 0) is 32.8 Å². The number of hydrogen-bond acceptors (Lipinski definition) is 6. The summed E-state index contributed by atoms with van der Waals surface area (Å²) in [7, 11) is 1.38. The van der Waals surface area contributed by atoms with Gasteiger partial charge in [-0.3, -0.25) is 19.3 Å². The third-order valence-electron chi connectivity index (χ3n) is 5.79. The minimum atomic E-state index is -0.615. The van der Waals surface area contributed by atoms with Crippen molar-refractivity contribution >= 4 is 11.9 Å². The number of esters is 1. The first kappa shape index (κ1) is 20.6. The van der Waals surface area contributed by atoms with E-state index < -0.39 is 11.5 Å². The van der Waals surface area contributed by atoms with E-state index in [1.54, 1.807) is 0 Å². The highest BCUT2D eigenvalue weighted by Crippen LogP contribution is 2.44. The standard InChI is InChI=1S/C21H30N2O5/c1-4-27-18-9-7-6-8-16(18)15-22-12-10-21(11-13-22)17(20(25)26-3)14-19(24)23(21)28-5-2/h6-9,17H,4-5,10-15H2,1-3H3. The highest BCUT2D eigenvalue weighted by atomic mass is 16.7. The van der Waals surface area contributed by atoms with Crippen LogP contribution < -0.4 is 4.74 Å². The van der Waals surface area contributed by atoms with E-state index in [-0.39, 0.29) is 18.3 Å². The van der Waals surface area contributed by atoms with Crippen LogP contribution in [0.15, 0.2) is 24.3 Å². The van der Waals surface area contributed by atoms with Crippen molar-refractivity contribution in [3.63, 3.8) is 0 Å². The lowest BCUT2D eigenvalue weighted by molar-refractivity contribution is -0.221. The molecule has 7 heteroatoms. The number of hydrogen-bond donors (Lipinski definition) is 0. The van der Waals surface area contributed by atoms with Crippen molar-refractivity contribution < 1.29 is 23.9 Å². The van der Waals surface area contributed by atoms with Crippen molar-refractivity contribution in [2.24, 2.45) is 5.92 Å². The molecule has 1 atom stereocenters. The fourth-order valence-electron chi connectivity index (χ4n) is 4.43. The van der Waals surface area contributed by atoms with Gasteiger partial charge in [-0.25, -0.2) is 5.06 Å². The van der Waals surface area contributed by atoms with E-state index in [1.165, 1.54) is 12.2 Å². The molecule has 1 amide bonds. The topological polar surface area (TPSA) is 68.3 Å². The molecule has 0 N–H and O–H groups in total. The zero-order valence-corrected chi connectivity index (χ0v) is 17.0. The lowest BCUT2D eigenvalue weighted by Crippen LogP contribution is -2.57. The van der Waals surface area contributed by atoms with Gasteiger partial charge >= 0.3 is 5.97 Å². The molecule has 1 spiro atoms. The highest BCUT2D eigenvalue weighted by molar-refractivity contribution is 5.88. The Hall–Kier alpha value is -2.12. The number of ether oxygens (including phenoxy) is 2. The third-order valence-corrected chi connectivity index (χ3v) is 5.79. The Balaban J connectivity index is 1.74. The highest BCUT2D eigenvalue weighted by Gasteiger charge is 2.58. The zero-order chi connectivity index (χ0) is 20.1. The molecular weight excluding hydrogens is 360 g/mol. The Morgan fingerprint density at radius 2 is 1.89 bits per heavy atom. The lowest BCUT2D eigenvalue weighted by atomic mass is 9.77. The molecule has 0 aliphatic carbocycles. The predicted octanol–water partition coefficient (Wildman–Crippen LogP) is 2.39. The molecule has 0 aromatic heterocycles. The fraction of sp³-hybridized carbons (Fsp3) is 0.619. The molecule has 2 fully saturated rings. The summed E-state index contributed by atoms with van der Waals surface area (Å²) in [4.78, 5) is 32.9. The van der Waals surface area contributed by atoms with Crippen LogP contribution in [0.2, 0.25) is 0 Å². The number of likely N-dealkylation sites (tertiary alicyclic amines) is 1. The van der Waals surface area contributed by atoms with Crippen LogP contribution in [0.25, 0.3) is 0 Å². The summed E-state index contributed by atoms with van der Waals surface area (Å²) >= 11 is 0. The molecule has 0 radical (unpaired) electrons. The van der Waals surface area contributed by atoms with Crippen LogP contribution in [0, 0.1) is 5.92 Å². The van der Waals surface area contributed by atoms with Crippen molar-refractivity contribution in [2.45, 2.75) is 45.2 Å². The number of methoxy groups -OCH3 is 1. The van der Waals surface area contributed by atoms with Gasteiger partial charge in [0.05, 0.1) is 31.8 Å². The van der Waals surface area contributed by atoms with Crippen LogP contribution >= 0.6 is 0 Å². The van der Waals surface area contributed by atoms with Gasteiger partial charge < -0.3 is 9.47 Å². The van der Waals surface area contributed by atoms with Gasteiger partial charge in [0.2, 0.25) is 5.91 Å². The second-order valence-corrected chi connectivity index (χ2v) is 7.31. The van der Waals surface area contributed by atoms with Gasteiger partial charge in [0, 0.05) is 31.6 Å². The molecule has 1 aromatic rings. The lowest BCUT2D eigenvalue weighted by Gasteiger charge is -2.45. The van der Waals surface area contributed by atoms with Crippen LogP contribution in [0.4, 0.5) is 0 Å². The molecule has 2 aliphatic heterocycles. The maximum absolute atomic E-state index is 12.5. The first-order valence-corrected chi connectivity index (χ1v) is 10.0. The molecule has 3 rings (SSSR count). The molecule has 2 heterocycles. The van der Waals surface area contributed by atoms with Crippen molar-refractivity contribution in [3.8, 4) is 5.75 Å². The SMILES string of the molecule is CCOc1ccccc1CN1CCC2(CC1)C(C(=O)OC)CC(=O)N2OCC. The van der Waals surface area contributed by atoms with E-state index in [9.17, 15) is 9.59 Å². The zero-order valence-electron chi connectivity index (χ0n) is 17.0. The Labute approximate surface area is 166 Å². The Morgan fingerprint density at radius 3 is 2.54 bits per heavy atom. The van der Waals surface area contributed by atoms with Crippen molar-refractivity contribution in [1.82, 2.24) is 9.96 Å². The minimum absolute atomic E-state index is 0.132. The quantitative estimate of drug-likeness (QED) is 0.666. The number of hydroxylamine groups is 2. The minimum Gasteiger partial charge on any atom is -0.494 e. The van der Waals surface area contributed by atoms with E-state index in [1.807, 2.05) is 32.0 Å². The number of nitrogens with zero attached hydrogens (tertiary/aromatic N) is 2. The van der Waals surface area contributed by atoms with E-state index in [4.69, 9.17) is 14.3 Å². The summed E-state index contributed by atoms with van der Waals surface area (Å²) in [6.07, 6.45) is 1.50. The number of carbonyl (C=O) groups is 2. The van der Waals surface area contributed by atoms with E-state index in [0.717, 1.165) is 30.9 Å². The van der Waals surface area contributed by atoms with Crippen LogP contribution in [-0.2, 0) is 25.7 Å². The summed E-state index contributed by atoms with van der Waals surface area (Å²) in [5.74, 6) is -0.0304. The molecule has 0 bridgehead atoms. The molecule has 2 aliphatic rings. The largest absolute Gasteiger partial charge is 0.494 e. The normalized spacial score (nSPS) is 21.9. The number of para-hydroxylation sites is 1. The molecule has 154 valence electrons. The number of amides is 1. The summed E-state index contributed by atoms with van der Waals surface area (Å²) in [5, 5.41) is 1.47. The summed E-state index contributed by atoms with van der Waals surface area (Å²) in [6.45, 7) is 7.17. The van der Waals surface area contributed by atoms with Crippen LogP contribution in [0.5, 0.6) is 5.75 Å². The first-order chi connectivity index (χ1) is 13.6. The second-order valence-electron chi connectivity index (χ2n) is 7.31. The molecular formula is C21H30N2O5. The van der Waals surface area contributed by atoms with Crippen molar-refractivity contribution in [1.29, 1.82) is 0 Å². The van der Waals surface area contributed by atoms with Gasteiger partial charge in [0.1, 0.15) is 5.75 Å². The molecule has 1 unspecified atom stereocenters. The Morgan fingerprint density at radius 1 is 1.18 bits per heavy atom. The van der Waals surface area contributed by atoms with Crippen LogP contribution in [0.3, 0.4) is 0 Å². The predicted molar refractivity (Wildman–Crippen MR) is 103 cm³/mol. The fourth-order valence-corrected chi connectivity index (χ4v) is 4.43.